The lowest BCUT2D eigenvalue weighted by Gasteiger charge is -2.41. The molecule has 0 bridgehead atoms. The van der Waals surface area contributed by atoms with Crippen LogP contribution in [0, 0.1) is 5.41 Å². The number of ether oxygens (including phenoxy) is 1. The smallest absolute Gasteiger partial charge is 0.0546 e. The van der Waals surface area contributed by atoms with E-state index in [-0.39, 0.29) is 0 Å². The van der Waals surface area contributed by atoms with Crippen LogP contribution in [0.2, 0.25) is 0 Å². The number of nitrogens with one attached hydrogen (secondary N) is 1. The molecule has 1 N–H and O–H groups in total. The summed E-state index contributed by atoms with van der Waals surface area (Å²) < 4.78 is 5.85. The van der Waals surface area contributed by atoms with Crippen LogP contribution in [-0.2, 0) is 11.3 Å². The predicted molar refractivity (Wildman–Crippen MR) is 88.8 cm³/mol. The van der Waals surface area contributed by atoms with Gasteiger partial charge in [0.2, 0.25) is 0 Å². The standard InChI is InChI=1S/C17H28N2OS/c1-2-18-12-17(7-3-8-20-14-17)13-19(16-4-5-16)10-15-6-9-21-11-15/h6,9,11,16,18H,2-5,7-8,10,12-14H2,1H3. The summed E-state index contributed by atoms with van der Waals surface area (Å²) in [5.74, 6) is 0. The number of rotatable bonds is 8. The average Bonchev–Trinajstić information content (AvgIpc) is 3.24. The molecule has 2 aliphatic rings. The normalized spacial score (nSPS) is 26.4. The van der Waals surface area contributed by atoms with Crippen molar-refractivity contribution in [1.29, 1.82) is 0 Å². The van der Waals surface area contributed by atoms with E-state index < -0.39 is 0 Å². The van der Waals surface area contributed by atoms with Gasteiger partial charge >= 0.3 is 0 Å². The second-order valence-corrected chi connectivity index (χ2v) is 7.48. The zero-order valence-corrected chi connectivity index (χ0v) is 14.0. The van der Waals surface area contributed by atoms with E-state index in [2.05, 4.69) is 34.0 Å². The van der Waals surface area contributed by atoms with Crippen LogP contribution in [0.15, 0.2) is 16.8 Å². The minimum atomic E-state index is 0.312. The molecule has 118 valence electrons. The number of hydrogen-bond acceptors (Lipinski definition) is 4. The highest BCUT2D eigenvalue weighted by Crippen LogP contribution is 2.35. The van der Waals surface area contributed by atoms with Crippen LogP contribution in [0.5, 0.6) is 0 Å². The molecule has 1 saturated heterocycles. The zero-order chi connectivity index (χ0) is 14.5. The molecule has 1 aliphatic heterocycles. The number of hydrogen-bond donors (Lipinski definition) is 1. The highest BCUT2D eigenvalue weighted by molar-refractivity contribution is 7.07. The molecule has 0 spiro atoms. The zero-order valence-electron chi connectivity index (χ0n) is 13.1. The van der Waals surface area contributed by atoms with Crippen molar-refractivity contribution in [3.8, 4) is 0 Å². The van der Waals surface area contributed by atoms with Crippen LogP contribution in [0.25, 0.3) is 0 Å². The summed E-state index contributed by atoms with van der Waals surface area (Å²) in [6.07, 6.45) is 5.26. The summed E-state index contributed by atoms with van der Waals surface area (Å²) >= 11 is 1.81. The molecule has 1 saturated carbocycles. The Morgan fingerprint density at radius 3 is 3.00 bits per heavy atom. The van der Waals surface area contributed by atoms with Crippen molar-refractivity contribution >= 4 is 11.3 Å². The maximum Gasteiger partial charge on any atom is 0.0546 e. The predicted octanol–water partition coefficient (Wildman–Crippen LogP) is 3.12. The molecular weight excluding hydrogens is 280 g/mol. The van der Waals surface area contributed by atoms with Gasteiger partial charge in [0.15, 0.2) is 0 Å². The fourth-order valence-electron chi connectivity index (χ4n) is 3.42. The largest absolute Gasteiger partial charge is 0.381 e. The first-order valence-electron chi connectivity index (χ1n) is 8.35. The molecule has 1 unspecified atom stereocenters. The van der Waals surface area contributed by atoms with Crippen LogP contribution in [0.4, 0.5) is 0 Å². The van der Waals surface area contributed by atoms with Crippen LogP contribution in [0.3, 0.4) is 0 Å². The summed E-state index contributed by atoms with van der Waals surface area (Å²) in [6.45, 7) is 8.50. The summed E-state index contributed by atoms with van der Waals surface area (Å²) in [5.41, 5.74) is 1.79. The Bertz CT molecular complexity index is 410. The van der Waals surface area contributed by atoms with Gasteiger partial charge in [-0.3, -0.25) is 4.90 Å². The molecule has 21 heavy (non-hydrogen) atoms. The van der Waals surface area contributed by atoms with Crippen molar-refractivity contribution in [2.75, 3.05) is 32.8 Å². The van der Waals surface area contributed by atoms with E-state index in [1.807, 2.05) is 11.3 Å². The van der Waals surface area contributed by atoms with Gasteiger partial charge in [0.05, 0.1) is 6.61 Å². The molecule has 0 aromatic carbocycles. The third kappa shape index (κ3) is 4.28. The monoisotopic (exact) mass is 308 g/mol. The van der Waals surface area contributed by atoms with Crippen molar-refractivity contribution < 1.29 is 4.74 Å². The second kappa shape index (κ2) is 7.23. The summed E-state index contributed by atoms with van der Waals surface area (Å²) in [6, 6.07) is 3.08. The molecular formula is C17H28N2OS. The highest BCUT2D eigenvalue weighted by Gasteiger charge is 2.38. The molecule has 1 aromatic heterocycles. The van der Waals surface area contributed by atoms with Gasteiger partial charge in [-0.1, -0.05) is 6.92 Å². The van der Waals surface area contributed by atoms with Crippen molar-refractivity contribution in [2.24, 2.45) is 5.41 Å². The van der Waals surface area contributed by atoms with Gasteiger partial charge in [-0.25, -0.2) is 0 Å². The first-order chi connectivity index (χ1) is 10.3. The lowest BCUT2D eigenvalue weighted by atomic mass is 9.81. The summed E-state index contributed by atoms with van der Waals surface area (Å²) in [4.78, 5) is 2.72. The summed E-state index contributed by atoms with van der Waals surface area (Å²) in [5, 5.41) is 8.07. The average molecular weight is 308 g/mol. The maximum absolute atomic E-state index is 5.85. The van der Waals surface area contributed by atoms with Crippen LogP contribution in [0.1, 0.15) is 38.2 Å². The van der Waals surface area contributed by atoms with Crippen molar-refractivity contribution in [2.45, 2.75) is 45.2 Å². The van der Waals surface area contributed by atoms with Gasteiger partial charge in [0.25, 0.3) is 0 Å². The molecule has 2 fully saturated rings. The lowest BCUT2D eigenvalue weighted by Crippen LogP contribution is -2.49. The molecule has 2 heterocycles. The van der Waals surface area contributed by atoms with E-state index in [4.69, 9.17) is 4.74 Å². The van der Waals surface area contributed by atoms with E-state index in [0.717, 1.165) is 38.9 Å². The minimum Gasteiger partial charge on any atom is -0.381 e. The second-order valence-electron chi connectivity index (χ2n) is 6.70. The van der Waals surface area contributed by atoms with E-state index in [0.29, 0.717) is 5.41 Å². The van der Waals surface area contributed by atoms with Crippen molar-refractivity contribution in [3.63, 3.8) is 0 Å². The van der Waals surface area contributed by atoms with Gasteiger partial charge in [-0.2, -0.15) is 11.3 Å². The lowest BCUT2D eigenvalue weighted by molar-refractivity contribution is -0.0287. The van der Waals surface area contributed by atoms with Gasteiger partial charge in [0, 0.05) is 37.7 Å². The Morgan fingerprint density at radius 2 is 2.38 bits per heavy atom. The molecule has 4 heteroatoms. The quantitative estimate of drug-likeness (QED) is 0.798. The molecule has 0 radical (unpaired) electrons. The molecule has 1 atom stereocenters. The van der Waals surface area contributed by atoms with E-state index in [1.165, 1.54) is 37.8 Å². The molecule has 1 aliphatic carbocycles. The third-order valence-corrected chi connectivity index (χ3v) is 5.45. The maximum atomic E-state index is 5.85. The highest BCUT2D eigenvalue weighted by atomic mass is 32.1. The fourth-order valence-corrected chi connectivity index (χ4v) is 4.08. The van der Waals surface area contributed by atoms with Gasteiger partial charge in [0.1, 0.15) is 0 Å². The Hall–Kier alpha value is -0.420. The molecule has 0 amide bonds. The number of thiophene rings is 1. The van der Waals surface area contributed by atoms with Crippen molar-refractivity contribution in [1.82, 2.24) is 10.2 Å². The first kappa shape index (κ1) is 15.5. The first-order valence-corrected chi connectivity index (χ1v) is 9.29. The molecule has 3 rings (SSSR count). The van der Waals surface area contributed by atoms with Gasteiger partial charge < -0.3 is 10.1 Å². The van der Waals surface area contributed by atoms with E-state index >= 15 is 0 Å². The Balaban J connectivity index is 1.66. The summed E-state index contributed by atoms with van der Waals surface area (Å²) in [7, 11) is 0. The fraction of sp³-hybridized carbons (Fsp3) is 0.765. The number of nitrogens with zero attached hydrogens (tertiary/aromatic N) is 1. The van der Waals surface area contributed by atoms with Crippen LogP contribution < -0.4 is 5.32 Å². The van der Waals surface area contributed by atoms with Crippen molar-refractivity contribution in [3.05, 3.63) is 22.4 Å². The Kier molecular flexibility index (Phi) is 5.33. The van der Waals surface area contributed by atoms with Gasteiger partial charge in [-0.05, 0) is 54.6 Å². The third-order valence-electron chi connectivity index (χ3n) is 4.72. The van der Waals surface area contributed by atoms with Gasteiger partial charge in [-0.15, -0.1) is 0 Å². The SMILES string of the molecule is CCNCC1(CN(Cc2ccsc2)C2CC2)CCCOC1. The Labute approximate surface area is 132 Å². The van der Waals surface area contributed by atoms with E-state index in [1.54, 1.807) is 0 Å². The minimum absolute atomic E-state index is 0.312. The topological polar surface area (TPSA) is 24.5 Å². The van der Waals surface area contributed by atoms with Crippen LogP contribution >= 0.6 is 11.3 Å². The van der Waals surface area contributed by atoms with Crippen LogP contribution in [-0.4, -0.2) is 43.8 Å². The molecule has 1 aromatic rings. The Morgan fingerprint density at radius 1 is 1.48 bits per heavy atom. The van der Waals surface area contributed by atoms with E-state index in [9.17, 15) is 0 Å². The molecule has 3 nitrogen and oxygen atoms in total.